The van der Waals surface area contributed by atoms with Gasteiger partial charge in [-0.15, -0.1) is 0 Å². The van der Waals surface area contributed by atoms with Crippen molar-refractivity contribution in [2.45, 2.75) is 19.3 Å². The number of nitrogens with two attached hydrogens (primary N) is 1. The Labute approximate surface area is 113 Å². The topological polar surface area (TPSA) is 102 Å². The van der Waals surface area contributed by atoms with Gasteiger partial charge in [-0.25, -0.2) is 0 Å². The molecule has 0 radical (unpaired) electrons. The molecule has 0 aliphatic heterocycles. The fourth-order valence-corrected chi connectivity index (χ4v) is 1.68. The highest BCUT2D eigenvalue weighted by Crippen LogP contribution is 2.29. The second-order valence-electron chi connectivity index (χ2n) is 3.70. The van der Waals surface area contributed by atoms with E-state index in [0.29, 0.717) is 23.2 Å². The third-order valence-corrected chi connectivity index (χ3v) is 2.88. The highest BCUT2D eigenvalue weighted by atomic mass is 79.9. The maximum atomic E-state index is 10.6. The van der Waals surface area contributed by atoms with Crippen molar-refractivity contribution in [1.82, 2.24) is 0 Å². The van der Waals surface area contributed by atoms with Crippen molar-refractivity contribution < 1.29 is 9.66 Å². The van der Waals surface area contributed by atoms with E-state index in [4.69, 9.17) is 15.9 Å². The minimum Gasteiger partial charge on any atom is -0.492 e. The van der Waals surface area contributed by atoms with Crippen LogP contribution >= 0.6 is 15.9 Å². The molecule has 0 atom stereocenters. The summed E-state index contributed by atoms with van der Waals surface area (Å²) in [7, 11) is 0. The molecule has 0 saturated carbocycles. The van der Waals surface area contributed by atoms with Gasteiger partial charge < -0.3 is 10.5 Å². The number of halogens is 1. The molecular formula is C11H14BrN3O3. The van der Waals surface area contributed by atoms with Gasteiger partial charge in [0.1, 0.15) is 5.75 Å². The molecule has 3 N–H and O–H groups in total. The summed E-state index contributed by atoms with van der Waals surface area (Å²) < 4.78 is 6.13. The molecule has 1 rings (SSSR count). The minimum atomic E-state index is -0.463. The van der Waals surface area contributed by atoms with Crippen molar-refractivity contribution in [2.24, 2.45) is 5.73 Å². The highest BCUT2D eigenvalue weighted by molar-refractivity contribution is 9.10. The van der Waals surface area contributed by atoms with Gasteiger partial charge in [0.15, 0.2) is 0 Å². The van der Waals surface area contributed by atoms with Crippen LogP contribution in [0.1, 0.15) is 19.3 Å². The lowest BCUT2D eigenvalue weighted by Crippen LogP contribution is -2.09. The molecule has 0 bridgehead atoms. The summed E-state index contributed by atoms with van der Waals surface area (Å²) in [5.41, 5.74) is 5.22. The summed E-state index contributed by atoms with van der Waals surface area (Å²) in [6.07, 6.45) is 2.05. The first kappa shape index (κ1) is 14.4. The monoisotopic (exact) mass is 315 g/mol. The third-order valence-electron chi connectivity index (χ3n) is 2.22. The van der Waals surface area contributed by atoms with E-state index < -0.39 is 4.92 Å². The number of hydrogen-bond acceptors (Lipinski definition) is 4. The van der Waals surface area contributed by atoms with Gasteiger partial charge >= 0.3 is 0 Å². The lowest BCUT2D eigenvalue weighted by atomic mass is 10.2. The number of nitrogens with zero attached hydrogens (tertiary/aromatic N) is 1. The van der Waals surface area contributed by atoms with Gasteiger partial charge in [0.2, 0.25) is 0 Å². The average Bonchev–Trinajstić information content (AvgIpc) is 2.30. The highest BCUT2D eigenvalue weighted by Gasteiger charge is 2.10. The Hall–Kier alpha value is -1.63. The zero-order valence-corrected chi connectivity index (χ0v) is 11.3. The van der Waals surface area contributed by atoms with Gasteiger partial charge in [-0.2, -0.15) is 0 Å². The number of amidine groups is 1. The molecule has 6 nitrogen and oxygen atoms in total. The van der Waals surface area contributed by atoms with E-state index in [1.165, 1.54) is 12.1 Å². The first-order valence-corrected chi connectivity index (χ1v) is 6.19. The molecule has 18 heavy (non-hydrogen) atoms. The van der Waals surface area contributed by atoms with E-state index in [1.807, 2.05) is 0 Å². The van der Waals surface area contributed by atoms with Crippen LogP contribution in [0.2, 0.25) is 0 Å². The second kappa shape index (κ2) is 6.95. The van der Waals surface area contributed by atoms with Crippen LogP contribution in [-0.4, -0.2) is 17.4 Å². The Morgan fingerprint density at radius 2 is 2.22 bits per heavy atom. The first-order chi connectivity index (χ1) is 8.50. The Kier molecular flexibility index (Phi) is 5.57. The normalized spacial score (nSPS) is 10.1. The molecule has 98 valence electrons. The number of rotatable bonds is 7. The molecular weight excluding hydrogens is 302 g/mol. The maximum Gasteiger partial charge on any atom is 0.273 e. The first-order valence-electron chi connectivity index (χ1n) is 5.40. The van der Waals surface area contributed by atoms with Crippen molar-refractivity contribution in [1.29, 1.82) is 5.41 Å². The molecule has 0 spiro atoms. The molecule has 7 heteroatoms. The van der Waals surface area contributed by atoms with Crippen LogP contribution in [0.15, 0.2) is 22.7 Å². The van der Waals surface area contributed by atoms with Crippen LogP contribution in [0.25, 0.3) is 0 Å². The minimum absolute atomic E-state index is 0.00284. The SMILES string of the molecule is N=C(N)CCCCOc1cc([N+](=O)[O-])ccc1Br. The summed E-state index contributed by atoms with van der Waals surface area (Å²) in [5.74, 6) is 0.610. The molecule has 1 aromatic carbocycles. The van der Waals surface area contributed by atoms with E-state index in [0.717, 1.165) is 12.8 Å². The van der Waals surface area contributed by atoms with Crippen molar-refractivity contribution in [3.05, 3.63) is 32.8 Å². The van der Waals surface area contributed by atoms with E-state index in [9.17, 15) is 10.1 Å². The molecule has 1 aromatic rings. The van der Waals surface area contributed by atoms with E-state index in [1.54, 1.807) is 6.07 Å². The number of nitro benzene ring substituents is 1. The molecule has 0 heterocycles. The number of nitrogens with one attached hydrogen (secondary N) is 1. The number of ether oxygens (including phenoxy) is 1. The quantitative estimate of drug-likeness (QED) is 0.265. The largest absolute Gasteiger partial charge is 0.492 e. The summed E-state index contributed by atoms with van der Waals surface area (Å²) in [6.45, 7) is 0.438. The smallest absolute Gasteiger partial charge is 0.273 e. The molecule has 0 saturated heterocycles. The Balaban J connectivity index is 2.48. The van der Waals surface area contributed by atoms with Gasteiger partial charge in [-0.05, 0) is 34.8 Å². The molecule has 0 aliphatic rings. The van der Waals surface area contributed by atoms with Crippen molar-refractivity contribution in [3.63, 3.8) is 0 Å². The zero-order chi connectivity index (χ0) is 13.5. The van der Waals surface area contributed by atoms with Crippen LogP contribution in [0.3, 0.4) is 0 Å². The van der Waals surface area contributed by atoms with Crippen LogP contribution in [-0.2, 0) is 0 Å². The molecule has 0 fully saturated rings. The predicted molar refractivity (Wildman–Crippen MR) is 72.1 cm³/mol. The van der Waals surface area contributed by atoms with Gasteiger partial charge in [-0.1, -0.05) is 0 Å². The predicted octanol–water partition coefficient (Wildman–Crippen LogP) is 2.84. The summed E-state index contributed by atoms with van der Waals surface area (Å²) >= 11 is 3.27. The number of non-ortho nitro benzene ring substituents is 1. The maximum absolute atomic E-state index is 10.6. The number of hydrogen-bond donors (Lipinski definition) is 2. The number of benzene rings is 1. The molecule has 0 unspecified atom stereocenters. The Morgan fingerprint density at radius 1 is 1.50 bits per heavy atom. The van der Waals surface area contributed by atoms with Gasteiger partial charge in [0, 0.05) is 12.5 Å². The van der Waals surface area contributed by atoms with E-state index >= 15 is 0 Å². The fraction of sp³-hybridized carbons (Fsp3) is 0.364. The van der Waals surface area contributed by atoms with Gasteiger partial charge in [0.05, 0.1) is 27.9 Å². The van der Waals surface area contributed by atoms with E-state index in [-0.39, 0.29) is 11.5 Å². The molecule has 0 aromatic heterocycles. The Bertz CT molecular complexity index is 451. The van der Waals surface area contributed by atoms with Gasteiger partial charge in [0.25, 0.3) is 5.69 Å². The summed E-state index contributed by atoms with van der Waals surface area (Å²) in [6, 6.07) is 4.38. The number of nitro groups is 1. The van der Waals surface area contributed by atoms with Gasteiger partial charge in [-0.3, -0.25) is 15.5 Å². The van der Waals surface area contributed by atoms with Crippen molar-refractivity contribution >= 4 is 27.5 Å². The Morgan fingerprint density at radius 3 is 2.83 bits per heavy atom. The number of unbranched alkanes of at least 4 members (excludes halogenated alkanes) is 1. The fourth-order valence-electron chi connectivity index (χ4n) is 1.32. The second-order valence-corrected chi connectivity index (χ2v) is 4.56. The lowest BCUT2D eigenvalue weighted by molar-refractivity contribution is -0.385. The van der Waals surface area contributed by atoms with Crippen LogP contribution in [0, 0.1) is 15.5 Å². The van der Waals surface area contributed by atoms with Crippen LogP contribution in [0.4, 0.5) is 5.69 Å². The van der Waals surface area contributed by atoms with Crippen LogP contribution < -0.4 is 10.5 Å². The molecule has 0 aliphatic carbocycles. The summed E-state index contributed by atoms with van der Waals surface area (Å²) in [5, 5.41) is 17.7. The van der Waals surface area contributed by atoms with Crippen molar-refractivity contribution in [2.75, 3.05) is 6.61 Å². The van der Waals surface area contributed by atoms with E-state index in [2.05, 4.69) is 15.9 Å². The third kappa shape index (κ3) is 4.70. The zero-order valence-electron chi connectivity index (χ0n) is 9.69. The average molecular weight is 316 g/mol. The van der Waals surface area contributed by atoms with Crippen molar-refractivity contribution in [3.8, 4) is 5.75 Å². The lowest BCUT2D eigenvalue weighted by Gasteiger charge is -2.07. The standard InChI is InChI=1S/C11H14BrN3O3/c12-9-5-4-8(15(16)17)7-10(9)18-6-2-1-3-11(13)14/h4-5,7H,1-3,6H2,(H3,13,14). The molecule has 0 amide bonds. The summed E-state index contributed by atoms with van der Waals surface area (Å²) in [4.78, 5) is 10.1. The van der Waals surface area contributed by atoms with Crippen LogP contribution in [0.5, 0.6) is 5.75 Å².